The molecule has 0 aromatic carbocycles. The summed E-state index contributed by atoms with van der Waals surface area (Å²) in [6.45, 7) is 3.28. The van der Waals surface area contributed by atoms with Gasteiger partial charge in [0.2, 0.25) is 0 Å². The average Bonchev–Trinajstić information content (AvgIpc) is 2.15. The van der Waals surface area contributed by atoms with E-state index in [0.717, 1.165) is 24.0 Å². The Morgan fingerprint density at radius 3 is 2.53 bits per heavy atom. The second-order valence-electron chi connectivity index (χ2n) is 4.13. The zero-order valence-corrected chi connectivity index (χ0v) is 10.3. The summed E-state index contributed by atoms with van der Waals surface area (Å²) in [6.07, 6.45) is -2.91. The quantitative estimate of drug-likeness (QED) is 0.672. The zero-order chi connectivity index (χ0) is 13.1. The van der Waals surface area contributed by atoms with Crippen molar-refractivity contribution in [1.82, 2.24) is 9.97 Å². The van der Waals surface area contributed by atoms with Crippen molar-refractivity contribution in [3.8, 4) is 0 Å². The van der Waals surface area contributed by atoms with Gasteiger partial charge in [-0.3, -0.25) is 0 Å². The standard InChI is InChI=1S/C10H13F3N2OS/c1-9(2,16)4-6-17-8-14-5-3-7(15-8)10(11,12)13/h3,5,16H,4,6H2,1-2H3. The lowest BCUT2D eigenvalue weighted by atomic mass is 10.1. The molecule has 0 fully saturated rings. The van der Waals surface area contributed by atoms with Crippen LogP contribution in [-0.4, -0.2) is 26.4 Å². The van der Waals surface area contributed by atoms with Gasteiger partial charge in [0.05, 0.1) is 5.60 Å². The SMILES string of the molecule is CC(C)(O)CCSc1nccc(C(F)(F)F)n1. The summed E-state index contributed by atoms with van der Waals surface area (Å²) < 4.78 is 37.0. The van der Waals surface area contributed by atoms with E-state index in [4.69, 9.17) is 0 Å². The highest BCUT2D eigenvalue weighted by molar-refractivity contribution is 7.99. The number of hydrogen-bond acceptors (Lipinski definition) is 4. The summed E-state index contributed by atoms with van der Waals surface area (Å²) in [5.41, 5.74) is -1.78. The maximum atomic E-state index is 12.3. The van der Waals surface area contributed by atoms with Gasteiger partial charge in [-0.25, -0.2) is 9.97 Å². The molecule has 7 heteroatoms. The van der Waals surface area contributed by atoms with Crippen LogP contribution in [0.3, 0.4) is 0 Å². The molecule has 0 spiro atoms. The molecule has 0 bridgehead atoms. The van der Waals surface area contributed by atoms with Gasteiger partial charge in [0.1, 0.15) is 5.69 Å². The fraction of sp³-hybridized carbons (Fsp3) is 0.600. The van der Waals surface area contributed by atoms with Crippen molar-refractivity contribution in [2.75, 3.05) is 5.75 Å². The van der Waals surface area contributed by atoms with Gasteiger partial charge < -0.3 is 5.11 Å². The third-order valence-electron chi connectivity index (χ3n) is 1.87. The fourth-order valence-corrected chi connectivity index (χ4v) is 2.04. The maximum Gasteiger partial charge on any atom is 0.433 e. The zero-order valence-electron chi connectivity index (χ0n) is 9.45. The Morgan fingerprint density at radius 2 is 2.00 bits per heavy atom. The topological polar surface area (TPSA) is 46.0 Å². The average molecular weight is 266 g/mol. The lowest BCUT2D eigenvalue weighted by Gasteiger charge is -2.15. The van der Waals surface area contributed by atoms with Crippen LogP contribution in [0.5, 0.6) is 0 Å². The van der Waals surface area contributed by atoms with Gasteiger partial charge in [-0.15, -0.1) is 0 Å². The summed E-state index contributed by atoms with van der Waals surface area (Å²) in [5, 5.41) is 9.52. The number of aliphatic hydroxyl groups is 1. The minimum Gasteiger partial charge on any atom is -0.390 e. The van der Waals surface area contributed by atoms with Crippen molar-refractivity contribution >= 4 is 11.8 Å². The molecule has 0 aliphatic carbocycles. The summed E-state index contributed by atoms with van der Waals surface area (Å²) in [7, 11) is 0. The first-order chi connectivity index (χ1) is 7.68. The normalized spacial score (nSPS) is 12.8. The van der Waals surface area contributed by atoms with Crippen LogP contribution in [-0.2, 0) is 6.18 Å². The molecule has 1 aromatic rings. The van der Waals surface area contributed by atoms with E-state index >= 15 is 0 Å². The van der Waals surface area contributed by atoms with Crippen molar-refractivity contribution in [3.63, 3.8) is 0 Å². The summed E-state index contributed by atoms with van der Waals surface area (Å²) in [5.74, 6) is 0.463. The van der Waals surface area contributed by atoms with Crippen molar-refractivity contribution in [3.05, 3.63) is 18.0 Å². The van der Waals surface area contributed by atoms with Gasteiger partial charge in [0.15, 0.2) is 5.16 Å². The highest BCUT2D eigenvalue weighted by Crippen LogP contribution is 2.28. The van der Waals surface area contributed by atoms with E-state index in [9.17, 15) is 18.3 Å². The third kappa shape index (κ3) is 5.36. The predicted molar refractivity (Wildman–Crippen MR) is 58.7 cm³/mol. The van der Waals surface area contributed by atoms with Gasteiger partial charge in [-0.05, 0) is 26.3 Å². The summed E-state index contributed by atoms with van der Waals surface area (Å²) in [4.78, 5) is 7.15. The predicted octanol–water partition coefficient (Wildman–Crippen LogP) is 2.75. The van der Waals surface area contributed by atoms with E-state index < -0.39 is 17.5 Å². The second kappa shape index (κ2) is 5.22. The Morgan fingerprint density at radius 1 is 1.35 bits per heavy atom. The largest absolute Gasteiger partial charge is 0.433 e. The molecule has 1 N–H and O–H groups in total. The highest BCUT2D eigenvalue weighted by atomic mass is 32.2. The molecule has 0 amide bonds. The Bertz CT molecular complexity index is 377. The van der Waals surface area contributed by atoms with Crippen molar-refractivity contribution in [2.24, 2.45) is 0 Å². The molecule has 0 saturated heterocycles. The van der Waals surface area contributed by atoms with E-state index in [1.807, 2.05) is 0 Å². The summed E-state index contributed by atoms with van der Waals surface area (Å²) >= 11 is 1.10. The molecule has 0 aliphatic heterocycles. The molecule has 0 unspecified atom stereocenters. The van der Waals surface area contributed by atoms with E-state index in [-0.39, 0.29) is 5.16 Å². The number of rotatable bonds is 4. The number of thioether (sulfide) groups is 1. The van der Waals surface area contributed by atoms with Crippen LogP contribution in [0.1, 0.15) is 26.0 Å². The van der Waals surface area contributed by atoms with Crippen LogP contribution in [0.4, 0.5) is 13.2 Å². The lowest BCUT2D eigenvalue weighted by Crippen LogP contribution is -2.19. The van der Waals surface area contributed by atoms with Crippen molar-refractivity contribution in [1.29, 1.82) is 0 Å². The van der Waals surface area contributed by atoms with E-state index in [2.05, 4.69) is 9.97 Å². The Labute approximate surface area is 101 Å². The maximum absolute atomic E-state index is 12.3. The van der Waals surface area contributed by atoms with Crippen LogP contribution in [0.2, 0.25) is 0 Å². The van der Waals surface area contributed by atoms with Crippen LogP contribution in [0.15, 0.2) is 17.4 Å². The van der Waals surface area contributed by atoms with Crippen LogP contribution in [0.25, 0.3) is 0 Å². The number of halogens is 3. The van der Waals surface area contributed by atoms with Crippen LogP contribution < -0.4 is 0 Å². The first-order valence-corrected chi connectivity index (χ1v) is 5.92. The molecule has 96 valence electrons. The summed E-state index contributed by atoms with van der Waals surface area (Å²) in [6, 6.07) is 0.833. The van der Waals surface area contributed by atoms with Gasteiger partial charge >= 0.3 is 6.18 Å². The molecular weight excluding hydrogens is 253 g/mol. The third-order valence-corrected chi connectivity index (χ3v) is 2.73. The monoisotopic (exact) mass is 266 g/mol. The molecule has 0 atom stereocenters. The Hall–Kier alpha value is -0.820. The number of aromatic nitrogens is 2. The number of nitrogens with zero attached hydrogens (tertiary/aromatic N) is 2. The lowest BCUT2D eigenvalue weighted by molar-refractivity contribution is -0.141. The van der Waals surface area contributed by atoms with Crippen LogP contribution in [0, 0.1) is 0 Å². The molecule has 3 nitrogen and oxygen atoms in total. The molecule has 1 heterocycles. The van der Waals surface area contributed by atoms with Crippen LogP contribution >= 0.6 is 11.8 Å². The highest BCUT2D eigenvalue weighted by Gasteiger charge is 2.32. The van der Waals surface area contributed by atoms with Crippen molar-refractivity contribution < 1.29 is 18.3 Å². The van der Waals surface area contributed by atoms with Gasteiger partial charge in [-0.2, -0.15) is 13.2 Å². The molecule has 0 radical (unpaired) electrons. The number of hydrogen-bond donors (Lipinski definition) is 1. The van der Waals surface area contributed by atoms with E-state index in [0.29, 0.717) is 12.2 Å². The molecule has 0 saturated carbocycles. The van der Waals surface area contributed by atoms with E-state index in [1.54, 1.807) is 13.8 Å². The van der Waals surface area contributed by atoms with E-state index in [1.165, 1.54) is 0 Å². The molecular formula is C10H13F3N2OS. The molecule has 1 rings (SSSR count). The van der Waals surface area contributed by atoms with Gasteiger partial charge in [-0.1, -0.05) is 11.8 Å². The minimum atomic E-state index is -4.45. The first-order valence-electron chi connectivity index (χ1n) is 4.94. The smallest absolute Gasteiger partial charge is 0.390 e. The molecule has 1 aromatic heterocycles. The first kappa shape index (κ1) is 14.2. The Balaban J connectivity index is 2.61. The van der Waals surface area contributed by atoms with Gasteiger partial charge in [0.25, 0.3) is 0 Å². The molecule has 0 aliphatic rings. The second-order valence-corrected chi connectivity index (χ2v) is 5.20. The number of alkyl halides is 3. The fourth-order valence-electron chi connectivity index (χ4n) is 0.960. The van der Waals surface area contributed by atoms with Gasteiger partial charge in [0, 0.05) is 11.9 Å². The Kier molecular flexibility index (Phi) is 4.37. The minimum absolute atomic E-state index is 0.0732. The van der Waals surface area contributed by atoms with Crippen molar-refractivity contribution in [2.45, 2.75) is 37.2 Å². The molecule has 17 heavy (non-hydrogen) atoms.